The zero-order valence-electron chi connectivity index (χ0n) is 15.0. The third kappa shape index (κ3) is 4.14. The second-order valence-corrected chi connectivity index (χ2v) is 7.58. The molecule has 0 aromatic heterocycles. The molecule has 3 N–H and O–H groups in total. The molecule has 1 amide bonds. The van der Waals surface area contributed by atoms with E-state index in [-0.39, 0.29) is 10.6 Å². The van der Waals surface area contributed by atoms with E-state index in [0.717, 1.165) is 21.9 Å². The fraction of sp³-hybridized carbons (Fsp3) is 0.278. The Morgan fingerprint density at radius 1 is 1.19 bits per heavy atom. The maximum atomic E-state index is 13.3. The summed E-state index contributed by atoms with van der Waals surface area (Å²) < 4.78 is 32.8. The molecule has 0 aliphatic rings. The highest BCUT2D eigenvalue weighted by Crippen LogP contribution is 2.31. The molecule has 0 aliphatic heterocycles. The number of nitrogens with zero attached hydrogens (tertiary/aromatic N) is 1. The Kier molecular flexibility index (Phi) is 6.23. The number of sulfonamides is 1. The maximum absolute atomic E-state index is 13.3. The summed E-state index contributed by atoms with van der Waals surface area (Å²) in [6.45, 7) is 3.34. The largest absolute Gasteiger partial charge is 0.495 e. The minimum Gasteiger partial charge on any atom is -0.495 e. The van der Waals surface area contributed by atoms with Crippen molar-refractivity contribution in [2.24, 2.45) is 5.84 Å². The van der Waals surface area contributed by atoms with Crippen LogP contribution in [0.3, 0.4) is 0 Å². The van der Waals surface area contributed by atoms with E-state index >= 15 is 0 Å². The number of nitrogens with two attached hydrogens (primary N) is 1. The standard InChI is InChI=1S/C18H23N3O4S/c1-4-14-6-8-15(9-7-14)21(12-18(22)20-19)26(23,24)17-11-13(2)5-10-16(17)25-3/h5-11H,4,12,19H2,1-3H3,(H,20,22). The highest BCUT2D eigenvalue weighted by molar-refractivity contribution is 7.93. The van der Waals surface area contributed by atoms with E-state index in [1.165, 1.54) is 13.2 Å². The molecule has 26 heavy (non-hydrogen) atoms. The molecule has 0 radical (unpaired) electrons. The first-order valence-electron chi connectivity index (χ1n) is 8.09. The van der Waals surface area contributed by atoms with Crippen LogP contribution in [0.2, 0.25) is 0 Å². The van der Waals surface area contributed by atoms with Crippen LogP contribution in [-0.4, -0.2) is 28.0 Å². The molecule has 0 fully saturated rings. The zero-order valence-corrected chi connectivity index (χ0v) is 15.8. The van der Waals surface area contributed by atoms with Gasteiger partial charge in [0.25, 0.3) is 15.9 Å². The molecule has 0 heterocycles. The number of amides is 1. The molecule has 0 atom stereocenters. The van der Waals surface area contributed by atoms with Crippen LogP contribution in [-0.2, 0) is 21.2 Å². The van der Waals surface area contributed by atoms with E-state index in [2.05, 4.69) is 0 Å². The highest BCUT2D eigenvalue weighted by Gasteiger charge is 2.30. The Labute approximate surface area is 153 Å². The van der Waals surface area contributed by atoms with Crippen LogP contribution in [0.5, 0.6) is 5.75 Å². The molecule has 0 bridgehead atoms. The molecular weight excluding hydrogens is 354 g/mol. The first-order valence-corrected chi connectivity index (χ1v) is 9.53. The van der Waals surface area contributed by atoms with Crippen molar-refractivity contribution in [3.63, 3.8) is 0 Å². The highest BCUT2D eigenvalue weighted by atomic mass is 32.2. The molecule has 2 aromatic carbocycles. The van der Waals surface area contributed by atoms with Gasteiger partial charge in [-0.25, -0.2) is 14.3 Å². The summed E-state index contributed by atoms with van der Waals surface area (Å²) in [6, 6.07) is 11.8. The van der Waals surface area contributed by atoms with Crippen LogP contribution < -0.4 is 20.3 Å². The van der Waals surface area contributed by atoms with Gasteiger partial charge >= 0.3 is 0 Å². The molecule has 2 aromatic rings. The number of methoxy groups -OCH3 is 1. The molecule has 8 heteroatoms. The third-order valence-corrected chi connectivity index (χ3v) is 5.76. The molecule has 7 nitrogen and oxygen atoms in total. The molecule has 0 spiro atoms. The van der Waals surface area contributed by atoms with E-state index in [1.54, 1.807) is 31.2 Å². The van der Waals surface area contributed by atoms with Gasteiger partial charge in [0.1, 0.15) is 17.2 Å². The summed E-state index contributed by atoms with van der Waals surface area (Å²) in [7, 11) is -2.65. The summed E-state index contributed by atoms with van der Waals surface area (Å²) in [5, 5.41) is 0. The van der Waals surface area contributed by atoms with Crippen molar-refractivity contribution < 1.29 is 17.9 Å². The Morgan fingerprint density at radius 2 is 1.85 bits per heavy atom. The second-order valence-electron chi connectivity index (χ2n) is 5.75. The van der Waals surface area contributed by atoms with E-state index in [4.69, 9.17) is 10.6 Å². The van der Waals surface area contributed by atoms with Gasteiger partial charge in [0, 0.05) is 0 Å². The number of benzene rings is 2. The fourth-order valence-electron chi connectivity index (χ4n) is 2.49. The lowest BCUT2D eigenvalue weighted by molar-refractivity contribution is -0.119. The number of nitrogens with one attached hydrogen (secondary N) is 1. The first kappa shape index (κ1) is 19.7. The van der Waals surface area contributed by atoms with Crippen molar-refractivity contribution in [1.82, 2.24) is 5.43 Å². The number of hydrogen-bond donors (Lipinski definition) is 2. The average molecular weight is 377 g/mol. The van der Waals surface area contributed by atoms with Gasteiger partial charge in [-0.2, -0.15) is 0 Å². The maximum Gasteiger partial charge on any atom is 0.268 e. The number of hydrazine groups is 1. The van der Waals surface area contributed by atoms with Gasteiger partial charge in [0.2, 0.25) is 0 Å². The average Bonchev–Trinajstić information content (AvgIpc) is 2.65. The molecule has 0 saturated heterocycles. The van der Waals surface area contributed by atoms with Crippen LogP contribution in [0.25, 0.3) is 0 Å². The van der Waals surface area contributed by atoms with Crippen molar-refractivity contribution in [3.8, 4) is 5.75 Å². The zero-order chi connectivity index (χ0) is 19.3. The van der Waals surface area contributed by atoms with Crippen LogP contribution in [0.15, 0.2) is 47.4 Å². The lowest BCUT2D eigenvalue weighted by Gasteiger charge is -2.25. The Bertz CT molecular complexity index is 880. The van der Waals surface area contributed by atoms with Gasteiger partial charge in [-0.05, 0) is 48.7 Å². The predicted octanol–water partition coefficient (Wildman–Crippen LogP) is 1.75. The molecule has 0 aliphatic carbocycles. The van der Waals surface area contributed by atoms with Gasteiger partial charge < -0.3 is 4.74 Å². The SMILES string of the molecule is CCc1ccc(N(CC(=O)NN)S(=O)(=O)c2cc(C)ccc2OC)cc1. The minimum atomic E-state index is -4.05. The fourth-order valence-corrected chi connectivity index (χ4v) is 4.16. The predicted molar refractivity (Wildman–Crippen MR) is 100 cm³/mol. The van der Waals surface area contributed by atoms with Gasteiger partial charge in [-0.3, -0.25) is 14.5 Å². The number of anilines is 1. The minimum absolute atomic E-state index is 0.00982. The number of carbonyl (C=O) groups excluding carboxylic acids is 1. The van der Waals surface area contributed by atoms with Crippen LogP contribution in [0.4, 0.5) is 5.69 Å². The normalized spacial score (nSPS) is 11.1. The number of aryl methyl sites for hydroxylation is 2. The van der Waals surface area contributed by atoms with Gasteiger partial charge in [0.05, 0.1) is 12.8 Å². The van der Waals surface area contributed by atoms with Crippen molar-refractivity contribution in [1.29, 1.82) is 0 Å². The molecule has 0 saturated carbocycles. The topological polar surface area (TPSA) is 102 Å². The van der Waals surface area contributed by atoms with Crippen molar-refractivity contribution in [3.05, 3.63) is 53.6 Å². The van der Waals surface area contributed by atoms with Crippen LogP contribution >= 0.6 is 0 Å². The van der Waals surface area contributed by atoms with Crippen LogP contribution in [0.1, 0.15) is 18.1 Å². The Balaban J connectivity index is 2.59. The summed E-state index contributed by atoms with van der Waals surface area (Å²) in [6.07, 6.45) is 0.821. The molecule has 0 unspecified atom stereocenters. The van der Waals surface area contributed by atoms with Gasteiger partial charge in [0.15, 0.2) is 0 Å². The second kappa shape index (κ2) is 8.20. The summed E-state index contributed by atoms with van der Waals surface area (Å²) in [4.78, 5) is 11.8. The van der Waals surface area contributed by atoms with Crippen LogP contribution in [0, 0.1) is 6.92 Å². The smallest absolute Gasteiger partial charge is 0.268 e. The first-order chi connectivity index (χ1) is 12.3. The molecule has 140 valence electrons. The summed E-state index contributed by atoms with van der Waals surface area (Å²) in [5.74, 6) is 4.74. The monoisotopic (exact) mass is 377 g/mol. The van der Waals surface area contributed by atoms with E-state index in [1.807, 2.05) is 24.5 Å². The third-order valence-electron chi connectivity index (χ3n) is 3.97. The van der Waals surface area contributed by atoms with Crippen molar-refractivity contribution in [2.45, 2.75) is 25.2 Å². The van der Waals surface area contributed by atoms with E-state index in [0.29, 0.717) is 5.69 Å². The van der Waals surface area contributed by atoms with Crippen molar-refractivity contribution in [2.75, 3.05) is 18.0 Å². The number of carbonyl (C=O) groups is 1. The Hall–Kier alpha value is -2.58. The summed E-state index contributed by atoms with van der Waals surface area (Å²) >= 11 is 0. The van der Waals surface area contributed by atoms with E-state index in [9.17, 15) is 13.2 Å². The van der Waals surface area contributed by atoms with Gasteiger partial charge in [-0.1, -0.05) is 25.1 Å². The van der Waals surface area contributed by atoms with Crippen molar-refractivity contribution >= 4 is 21.6 Å². The number of rotatable bonds is 7. The Morgan fingerprint density at radius 3 is 2.38 bits per heavy atom. The molecule has 2 rings (SSSR count). The lowest BCUT2D eigenvalue weighted by atomic mass is 10.1. The molecular formula is C18H23N3O4S. The summed E-state index contributed by atoms with van der Waals surface area (Å²) in [5.41, 5.74) is 4.16. The quantitative estimate of drug-likeness (QED) is 0.435. The lowest BCUT2D eigenvalue weighted by Crippen LogP contribution is -2.43. The number of ether oxygens (including phenoxy) is 1. The van der Waals surface area contributed by atoms with E-state index < -0.39 is 22.5 Å². The number of hydrogen-bond acceptors (Lipinski definition) is 5. The van der Waals surface area contributed by atoms with Gasteiger partial charge in [-0.15, -0.1) is 0 Å².